The van der Waals surface area contributed by atoms with Crippen molar-refractivity contribution in [3.8, 4) is 11.6 Å². The molecule has 0 atom stereocenters. The Hall–Kier alpha value is -1.84. The highest BCUT2D eigenvalue weighted by atomic mass is 16.3. The maximum atomic E-state index is 5.90. The van der Waals surface area contributed by atoms with Gasteiger partial charge >= 0.3 is 0 Å². The van der Waals surface area contributed by atoms with E-state index in [2.05, 4.69) is 9.97 Å². The predicted octanol–water partition coefficient (Wildman–Crippen LogP) is 2.50. The first-order chi connectivity index (χ1) is 7.63. The van der Waals surface area contributed by atoms with E-state index < -0.39 is 0 Å². The van der Waals surface area contributed by atoms with E-state index in [0.717, 1.165) is 23.2 Å². The minimum absolute atomic E-state index is 0.542. The van der Waals surface area contributed by atoms with Crippen molar-refractivity contribution < 1.29 is 4.42 Å². The van der Waals surface area contributed by atoms with Crippen LogP contribution in [0.1, 0.15) is 23.7 Å². The Kier molecular flexibility index (Phi) is 2.64. The first-order valence-corrected chi connectivity index (χ1v) is 5.31. The number of aryl methyl sites for hydroxylation is 2. The SMILES string of the molecule is CCc1c(C)nc(-c2occc2C)nc1N. The van der Waals surface area contributed by atoms with E-state index in [0.29, 0.717) is 17.4 Å². The van der Waals surface area contributed by atoms with Crippen LogP contribution in [0.5, 0.6) is 0 Å². The Balaban J connectivity index is 2.57. The molecule has 4 heteroatoms. The molecule has 16 heavy (non-hydrogen) atoms. The summed E-state index contributed by atoms with van der Waals surface area (Å²) in [5.74, 6) is 1.80. The third kappa shape index (κ3) is 1.66. The lowest BCUT2D eigenvalue weighted by molar-refractivity contribution is 0.575. The van der Waals surface area contributed by atoms with Gasteiger partial charge in [-0.05, 0) is 31.9 Å². The second-order valence-corrected chi connectivity index (χ2v) is 3.78. The van der Waals surface area contributed by atoms with Crippen molar-refractivity contribution in [2.24, 2.45) is 0 Å². The van der Waals surface area contributed by atoms with Crippen molar-refractivity contribution in [1.82, 2.24) is 9.97 Å². The Morgan fingerprint density at radius 3 is 2.56 bits per heavy atom. The largest absolute Gasteiger partial charge is 0.461 e. The van der Waals surface area contributed by atoms with Gasteiger partial charge < -0.3 is 10.2 Å². The Morgan fingerprint density at radius 2 is 2.06 bits per heavy atom. The summed E-state index contributed by atoms with van der Waals surface area (Å²) in [4.78, 5) is 8.70. The van der Waals surface area contributed by atoms with Gasteiger partial charge in [-0.2, -0.15) is 0 Å². The summed E-state index contributed by atoms with van der Waals surface area (Å²) in [5, 5.41) is 0. The number of rotatable bonds is 2. The molecular formula is C12H15N3O. The van der Waals surface area contributed by atoms with Crippen LogP contribution < -0.4 is 5.73 Å². The fraction of sp³-hybridized carbons (Fsp3) is 0.333. The second-order valence-electron chi connectivity index (χ2n) is 3.78. The average molecular weight is 217 g/mol. The predicted molar refractivity (Wildman–Crippen MR) is 63.0 cm³/mol. The number of nitrogen functional groups attached to an aromatic ring is 1. The van der Waals surface area contributed by atoms with E-state index in [-0.39, 0.29) is 0 Å². The Morgan fingerprint density at radius 1 is 1.31 bits per heavy atom. The summed E-state index contributed by atoms with van der Waals surface area (Å²) in [6, 6.07) is 1.89. The van der Waals surface area contributed by atoms with Gasteiger partial charge in [0.15, 0.2) is 11.6 Å². The number of nitrogens with two attached hydrogens (primary N) is 1. The van der Waals surface area contributed by atoms with Gasteiger partial charge in [0.1, 0.15) is 5.82 Å². The number of aromatic nitrogens is 2. The minimum atomic E-state index is 0.542. The number of nitrogens with zero attached hydrogens (tertiary/aromatic N) is 2. The zero-order valence-electron chi connectivity index (χ0n) is 9.74. The van der Waals surface area contributed by atoms with Crippen LogP contribution in [0.4, 0.5) is 5.82 Å². The Labute approximate surface area is 94.5 Å². The van der Waals surface area contributed by atoms with E-state index in [9.17, 15) is 0 Å². The normalized spacial score (nSPS) is 10.7. The molecule has 2 aromatic heterocycles. The molecule has 2 aromatic rings. The van der Waals surface area contributed by atoms with Crippen molar-refractivity contribution in [3.05, 3.63) is 29.2 Å². The quantitative estimate of drug-likeness (QED) is 0.839. The van der Waals surface area contributed by atoms with E-state index >= 15 is 0 Å². The number of furan rings is 1. The highest BCUT2D eigenvalue weighted by Gasteiger charge is 2.13. The molecule has 0 spiro atoms. The third-order valence-electron chi connectivity index (χ3n) is 2.66. The molecular weight excluding hydrogens is 202 g/mol. The number of hydrogen-bond acceptors (Lipinski definition) is 4. The van der Waals surface area contributed by atoms with Gasteiger partial charge in [-0.15, -0.1) is 0 Å². The molecule has 0 aliphatic heterocycles. The summed E-state index contributed by atoms with van der Waals surface area (Å²) >= 11 is 0. The van der Waals surface area contributed by atoms with E-state index in [1.165, 1.54) is 0 Å². The molecule has 2 rings (SSSR count). The van der Waals surface area contributed by atoms with E-state index in [4.69, 9.17) is 10.2 Å². The van der Waals surface area contributed by atoms with Gasteiger partial charge in [-0.25, -0.2) is 9.97 Å². The monoisotopic (exact) mass is 217 g/mol. The van der Waals surface area contributed by atoms with Crippen LogP contribution in [0.25, 0.3) is 11.6 Å². The lowest BCUT2D eigenvalue weighted by atomic mass is 10.1. The van der Waals surface area contributed by atoms with Crippen LogP contribution in [-0.4, -0.2) is 9.97 Å². The molecule has 0 aromatic carbocycles. The highest BCUT2D eigenvalue weighted by molar-refractivity contribution is 5.56. The summed E-state index contributed by atoms with van der Waals surface area (Å²) in [6.45, 7) is 5.94. The van der Waals surface area contributed by atoms with Crippen LogP contribution in [0, 0.1) is 13.8 Å². The van der Waals surface area contributed by atoms with Gasteiger partial charge in [0.2, 0.25) is 0 Å². The van der Waals surface area contributed by atoms with Crippen LogP contribution in [0.15, 0.2) is 16.7 Å². The molecule has 0 amide bonds. The topological polar surface area (TPSA) is 64.9 Å². The van der Waals surface area contributed by atoms with E-state index in [1.807, 2.05) is 26.8 Å². The van der Waals surface area contributed by atoms with Gasteiger partial charge in [0, 0.05) is 11.3 Å². The van der Waals surface area contributed by atoms with Crippen LogP contribution in [0.3, 0.4) is 0 Å². The fourth-order valence-electron chi connectivity index (χ4n) is 1.76. The van der Waals surface area contributed by atoms with Crippen molar-refractivity contribution in [1.29, 1.82) is 0 Å². The summed E-state index contributed by atoms with van der Waals surface area (Å²) < 4.78 is 5.35. The maximum Gasteiger partial charge on any atom is 0.198 e. The van der Waals surface area contributed by atoms with E-state index in [1.54, 1.807) is 6.26 Å². The maximum absolute atomic E-state index is 5.90. The number of hydrogen-bond donors (Lipinski definition) is 1. The van der Waals surface area contributed by atoms with Gasteiger partial charge in [-0.3, -0.25) is 0 Å². The molecule has 0 aliphatic carbocycles. The Bertz CT molecular complexity index is 494. The molecule has 84 valence electrons. The smallest absolute Gasteiger partial charge is 0.198 e. The molecule has 0 unspecified atom stereocenters. The standard InChI is InChI=1S/C12H15N3O/c1-4-9-8(3)14-12(15-11(9)13)10-7(2)5-6-16-10/h5-6H,4H2,1-3H3,(H2,13,14,15). The first kappa shape index (κ1) is 10.7. The summed E-state index contributed by atoms with van der Waals surface area (Å²) in [7, 11) is 0. The third-order valence-corrected chi connectivity index (χ3v) is 2.66. The molecule has 0 fully saturated rings. The molecule has 0 aliphatic rings. The summed E-state index contributed by atoms with van der Waals surface area (Å²) in [5.41, 5.74) is 8.84. The zero-order valence-corrected chi connectivity index (χ0v) is 9.74. The minimum Gasteiger partial charge on any atom is -0.461 e. The first-order valence-electron chi connectivity index (χ1n) is 5.31. The lowest BCUT2D eigenvalue weighted by Gasteiger charge is -2.07. The molecule has 4 nitrogen and oxygen atoms in total. The van der Waals surface area contributed by atoms with Crippen molar-refractivity contribution >= 4 is 5.82 Å². The molecule has 0 saturated carbocycles. The molecule has 0 bridgehead atoms. The summed E-state index contributed by atoms with van der Waals surface area (Å²) in [6.07, 6.45) is 2.47. The second kappa shape index (κ2) is 3.96. The molecule has 2 heterocycles. The zero-order chi connectivity index (χ0) is 11.7. The number of anilines is 1. The van der Waals surface area contributed by atoms with Gasteiger partial charge in [0.25, 0.3) is 0 Å². The molecule has 0 radical (unpaired) electrons. The fourth-order valence-corrected chi connectivity index (χ4v) is 1.76. The van der Waals surface area contributed by atoms with Crippen LogP contribution >= 0.6 is 0 Å². The van der Waals surface area contributed by atoms with Crippen molar-refractivity contribution in [2.75, 3.05) is 5.73 Å². The molecule has 2 N–H and O–H groups in total. The average Bonchev–Trinajstić information content (AvgIpc) is 2.64. The lowest BCUT2D eigenvalue weighted by Crippen LogP contribution is -2.04. The van der Waals surface area contributed by atoms with Crippen molar-refractivity contribution in [3.63, 3.8) is 0 Å². The van der Waals surface area contributed by atoms with Crippen molar-refractivity contribution in [2.45, 2.75) is 27.2 Å². The van der Waals surface area contributed by atoms with Gasteiger partial charge in [-0.1, -0.05) is 6.92 Å². The van der Waals surface area contributed by atoms with Gasteiger partial charge in [0.05, 0.1) is 6.26 Å². The van der Waals surface area contributed by atoms with Crippen LogP contribution in [-0.2, 0) is 6.42 Å². The highest BCUT2D eigenvalue weighted by Crippen LogP contribution is 2.24. The molecule has 0 saturated heterocycles. The van der Waals surface area contributed by atoms with Crippen LogP contribution in [0.2, 0.25) is 0 Å².